The monoisotopic (exact) mass is 233 g/mol. The minimum atomic E-state index is -0.264. The Balaban J connectivity index is 2.31. The molecule has 0 aliphatic rings. The molecule has 2 rings (SSSR count). The van der Waals surface area contributed by atoms with Crippen LogP contribution in [0.25, 0.3) is 0 Å². The molecule has 0 aliphatic heterocycles. The number of hydrogen-bond donors (Lipinski definition) is 1. The lowest BCUT2D eigenvalue weighted by molar-refractivity contribution is 0.620. The van der Waals surface area contributed by atoms with E-state index in [0.29, 0.717) is 18.2 Å². The summed E-state index contributed by atoms with van der Waals surface area (Å²) in [5.41, 5.74) is 7.22. The number of aromatic nitrogens is 2. The summed E-state index contributed by atoms with van der Waals surface area (Å²) in [7, 11) is 0. The maximum absolute atomic E-state index is 13.2. The molecule has 0 bridgehead atoms. The molecule has 0 fully saturated rings. The van der Waals surface area contributed by atoms with Gasteiger partial charge in [-0.15, -0.1) is 0 Å². The molecule has 2 N–H and O–H groups in total. The molecule has 1 aromatic heterocycles. The highest BCUT2D eigenvalue weighted by molar-refractivity contribution is 5.46. The molecule has 0 saturated carbocycles. The van der Waals surface area contributed by atoms with Crippen molar-refractivity contribution in [3.05, 3.63) is 47.8 Å². The first-order valence-electron chi connectivity index (χ1n) is 5.63. The van der Waals surface area contributed by atoms with Crippen LogP contribution in [-0.2, 0) is 6.54 Å². The van der Waals surface area contributed by atoms with Crippen LogP contribution < -0.4 is 5.73 Å². The second-order valence-electron chi connectivity index (χ2n) is 4.41. The zero-order chi connectivity index (χ0) is 12.4. The highest BCUT2D eigenvalue weighted by atomic mass is 19.1. The second kappa shape index (κ2) is 4.57. The van der Waals surface area contributed by atoms with Crippen LogP contribution in [-0.4, -0.2) is 9.55 Å². The summed E-state index contributed by atoms with van der Waals surface area (Å²) >= 11 is 0. The van der Waals surface area contributed by atoms with Gasteiger partial charge in [0.15, 0.2) is 0 Å². The Morgan fingerprint density at radius 3 is 2.88 bits per heavy atom. The maximum Gasteiger partial charge on any atom is 0.123 e. The van der Waals surface area contributed by atoms with Gasteiger partial charge >= 0.3 is 0 Å². The summed E-state index contributed by atoms with van der Waals surface area (Å²) in [4.78, 5) is 4.29. The molecule has 3 nitrogen and oxygen atoms in total. The number of imidazole rings is 1. The summed E-state index contributed by atoms with van der Waals surface area (Å²) in [6.45, 7) is 4.71. The molecule has 4 heteroatoms. The van der Waals surface area contributed by atoms with Crippen LogP contribution in [0.5, 0.6) is 0 Å². The minimum absolute atomic E-state index is 0.264. The van der Waals surface area contributed by atoms with E-state index in [1.807, 2.05) is 10.8 Å². The smallest absolute Gasteiger partial charge is 0.123 e. The van der Waals surface area contributed by atoms with E-state index in [0.717, 1.165) is 11.4 Å². The van der Waals surface area contributed by atoms with Crippen LogP contribution in [0.3, 0.4) is 0 Å². The summed E-state index contributed by atoms with van der Waals surface area (Å²) in [6, 6.07) is 4.44. The predicted molar refractivity (Wildman–Crippen MR) is 66.2 cm³/mol. The van der Waals surface area contributed by atoms with E-state index >= 15 is 0 Å². The van der Waals surface area contributed by atoms with Gasteiger partial charge in [-0.05, 0) is 23.8 Å². The van der Waals surface area contributed by atoms with Gasteiger partial charge in [0.05, 0.1) is 6.54 Å². The molecule has 0 aliphatic carbocycles. The highest BCUT2D eigenvalue weighted by Crippen LogP contribution is 2.18. The lowest BCUT2D eigenvalue weighted by atomic mass is 10.1. The molecule has 0 atom stereocenters. The van der Waals surface area contributed by atoms with E-state index < -0.39 is 0 Å². The normalized spacial score (nSPS) is 11.1. The lowest BCUT2D eigenvalue weighted by Crippen LogP contribution is -2.07. The third-order valence-corrected chi connectivity index (χ3v) is 2.71. The highest BCUT2D eigenvalue weighted by Gasteiger charge is 2.09. The molecule has 0 saturated heterocycles. The largest absolute Gasteiger partial charge is 0.398 e. The zero-order valence-electron chi connectivity index (χ0n) is 10.0. The summed E-state index contributed by atoms with van der Waals surface area (Å²) in [5, 5.41) is 0. The first-order chi connectivity index (χ1) is 8.08. The average molecular weight is 233 g/mol. The minimum Gasteiger partial charge on any atom is -0.398 e. The third kappa shape index (κ3) is 2.46. The molecule has 0 unspecified atom stereocenters. The molecule has 2 aromatic rings. The molecule has 0 radical (unpaired) electrons. The van der Waals surface area contributed by atoms with Crippen LogP contribution in [0.1, 0.15) is 31.2 Å². The molecule has 0 amide bonds. The fourth-order valence-corrected chi connectivity index (χ4v) is 1.85. The number of halogens is 1. The second-order valence-corrected chi connectivity index (χ2v) is 4.41. The van der Waals surface area contributed by atoms with Gasteiger partial charge in [-0.2, -0.15) is 0 Å². The zero-order valence-corrected chi connectivity index (χ0v) is 10.0. The SMILES string of the molecule is CC(C)c1nccn1Cc1cc(F)ccc1N. The van der Waals surface area contributed by atoms with Crippen molar-refractivity contribution in [2.24, 2.45) is 0 Å². The number of hydrogen-bond acceptors (Lipinski definition) is 2. The Hall–Kier alpha value is -1.84. The van der Waals surface area contributed by atoms with E-state index in [1.165, 1.54) is 12.1 Å². The predicted octanol–water partition coefficient (Wildman–Crippen LogP) is 2.78. The standard InChI is InChI=1S/C13H16FN3/c1-9(2)13-16-5-6-17(13)8-10-7-11(14)3-4-12(10)15/h3-7,9H,8,15H2,1-2H3. The number of anilines is 1. The molecule has 1 heterocycles. The van der Waals surface area contributed by atoms with Gasteiger partial charge in [-0.3, -0.25) is 0 Å². The fraction of sp³-hybridized carbons (Fsp3) is 0.308. The summed E-state index contributed by atoms with van der Waals surface area (Å²) in [5.74, 6) is 1.05. The number of benzene rings is 1. The van der Waals surface area contributed by atoms with Crippen LogP contribution in [0, 0.1) is 5.82 Å². The van der Waals surface area contributed by atoms with Gasteiger partial charge in [0.1, 0.15) is 11.6 Å². The van der Waals surface area contributed by atoms with E-state index in [1.54, 1.807) is 12.3 Å². The number of nitrogens with two attached hydrogens (primary N) is 1. The van der Waals surface area contributed by atoms with Gasteiger partial charge in [0.2, 0.25) is 0 Å². The van der Waals surface area contributed by atoms with Crippen LogP contribution in [0.15, 0.2) is 30.6 Å². The molecule has 90 valence electrons. The summed E-state index contributed by atoms with van der Waals surface area (Å²) in [6.07, 6.45) is 3.64. The van der Waals surface area contributed by atoms with Crippen LogP contribution in [0.2, 0.25) is 0 Å². The van der Waals surface area contributed by atoms with Crippen molar-refractivity contribution in [2.75, 3.05) is 5.73 Å². The molecule has 0 spiro atoms. The number of rotatable bonds is 3. The Bertz CT molecular complexity index is 517. The van der Waals surface area contributed by atoms with Crippen molar-refractivity contribution in [1.82, 2.24) is 9.55 Å². The topological polar surface area (TPSA) is 43.8 Å². The Morgan fingerprint density at radius 2 is 2.18 bits per heavy atom. The Labute approximate surface area is 100 Å². The van der Waals surface area contributed by atoms with E-state index in [9.17, 15) is 4.39 Å². The van der Waals surface area contributed by atoms with Crippen molar-refractivity contribution < 1.29 is 4.39 Å². The first kappa shape index (κ1) is 11.6. The molecular weight excluding hydrogens is 217 g/mol. The number of nitrogens with zero attached hydrogens (tertiary/aromatic N) is 2. The fourth-order valence-electron chi connectivity index (χ4n) is 1.85. The van der Waals surface area contributed by atoms with E-state index in [4.69, 9.17) is 5.73 Å². The van der Waals surface area contributed by atoms with Gasteiger partial charge in [-0.1, -0.05) is 13.8 Å². The van der Waals surface area contributed by atoms with Crippen molar-refractivity contribution in [2.45, 2.75) is 26.3 Å². The van der Waals surface area contributed by atoms with Crippen molar-refractivity contribution in [3.8, 4) is 0 Å². The van der Waals surface area contributed by atoms with Gasteiger partial charge < -0.3 is 10.3 Å². The first-order valence-corrected chi connectivity index (χ1v) is 5.63. The van der Waals surface area contributed by atoms with Gasteiger partial charge in [0, 0.05) is 24.0 Å². The van der Waals surface area contributed by atoms with E-state index in [-0.39, 0.29) is 5.82 Å². The van der Waals surface area contributed by atoms with Gasteiger partial charge in [0.25, 0.3) is 0 Å². The van der Waals surface area contributed by atoms with Crippen molar-refractivity contribution >= 4 is 5.69 Å². The van der Waals surface area contributed by atoms with E-state index in [2.05, 4.69) is 18.8 Å². The Kier molecular flexibility index (Phi) is 3.13. The van der Waals surface area contributed by atoms with Crippen LogP contribution >= 0.6 is 0 Å². The van der Waals surface area contributed by atoms with Crippen molar-refractivity contribution in [1.29, 1.82) is 0 Å². The quantitative estimate of drug-likeness (QED) is 0.828. The molecular formula is C13H16FN3. The van der Waals surface area contributed by atoms with Gasteiger partial charge in [-0.25, -0.2) is 9.37 Å². The van der Waals surface area contributed by atoms with Crippen molar-refractivity contribution in [3.63, 3.8) is 0 Å². The van der Waals surface area contributed by atoms with Crippen LogP contribution in [0.4, 0.5) is 10.1 Å². The molecule has 1 aromatic carbocycles. The summed E-state index contributed by atoms with van der Waals surface area (Å²) < 4.78 is 15.2. The third-order valence-electron chi connectivity index (χ3n) is 2.71. The number of nitrogen functional groups attached to an aromatic ring is 1. The molecule has 17 heavy (non-hydrogen) atoms. The maximum atomic E-state index is 13.2. The Morgan fingerprint density at radius 1 is 1.41 bits per heavy atom. The lowest BCUT2D eigenvalue weighted by Gasteiger charge is -2.12. The average Bonchev–Trinajstić information content (AvgIpc) is 2.71.